The van der Waals surface area contributed by atoms with Gasteiger partial charge in [0.05, 0.1) is 17.2 Å². The minimum absolute atomic E-state index is 0.770. The average molecular weight is 412 g/mol. The number of rotatable bonds is 6. The van der Waals surface area contributed by atoms with Crippen LogP contribution in [-0.2, 0) is 20.0 Å². The van der Waals surface area contributed by atoms with Gasteiger partial charge in [0.2, 0.25) is 0 Å². The first-order valence-corrected chi connectivity index (χ1v) is 9.74. The Morgan fingerprint density at radius 2 is 2.21 bits per heavy atom. The molecule has 5 nitrogen and oxygen atoms in total. The lowest BCUT2D eigenvalue weighted by atomic mass is 10.3. The molecule has 0 bridgehead atoms. The molecule has 2 aromatic heterocycles. The Morgan fingerprint density at radius 1 is 1.46 bits per heavy atom. The maximum absolute atomic E-state index is 4.78. The van der Waals surface area contributed by atoms with Crippen molar-refractivity contribution in [1.82, 2.24) is 19.8 Å². The van der Waals surface area contributed by atoms with Gasteiger partial charge in [0, 0.05) is 54.8 Å². The average Bonchev–Trinajstić information content (AvgIpc) is 2.99. The number of hydrogen-bond donors (Lipinski definition) is 1. The number of aliphatic imine (C=N–C) groups is 1. The van der Waals surface area contributed by atoms with E-state index < -0.39 is 0 Å². The summed E-state index contributed by atoms with van der Waals surface area (Å²) >= 11 is 5.30. The molecule has 0 spiro atoms. The van der Waals surface area contributed by atoms with Crippen LogP contribution in [0, 0.1) is 13.8 Å². The van der Waals surface area contributed by atoms with Crippen LogP contribution in [0.4, 0.5) is 0 Å². The van der Waals surface area contributed by atoms with Gasteiger partial charge >= 0.3 is 0 Å². The van der Waals surface area contributed by atoms with E-state index in [-0.39, 0.29) is 0 Å². The van der Waals surface area contributed by atoms with E-state index in [9.17, 15) is 0 Å². The molecule has 0 saturated heterocycles. The number of guanidine groups is 1. The quantitative estimate of drug-likeness (QED) is 0.584. The van der Waals surface area contributed by atoms with Crippen molar-refractivity contribution in [2.45, 2.75) is 33.7 Å². The Kier molecular flexibility index (Phi) is 6.86. The molecule has 1 N–H and O–H groups in total. The van der Waals surface area contributed by atoms with Crippen molar-refractivity contribution in [3.63, 3.8) is 0 Å². The highest BCUT2D eigenvalue weighted by atomic mass is 79.9. The molecule has 24 heavy (non-hydrogen) atoms. The van der Waals surface area contributed by atoms with E-state index in [1.54, 1.807) is 11.3 Å². The van der Waals surface area contributed by atoms with Crippen molar-refractivity contribution < 1.29 is 0 Å². The van der Waals surface area contributed by atoms with Gasteiger partial charge in [-0.2, -0.15) is 0 Å². The molecule has 132 valence electrons. The third-order valence-electron chi connectivity index (χ3n) is 3.77. The molecular formula is C17H26BrN5S. The van der Waals surface area contributed by atoms with Gasteiger partial charge in [-0.3, -0.25) is 4.99 Å². The third-order valence-corrected chi connectivity index (χ3v) is 5.34. The summed E-state index contributed by atoms with van der Waals surface area (Å²) in [4.78, 5) is 12.8. The first-order chi connectivity index (χ1) is 11.4. The van der Waals surface area contributed by atoms with Crippen LogP contribution in [0.25, 0.3) is 0 Å². The second-order valence-corrected chi connectivity index (χ2v) is 8.05. The molecule has 0 unspecified atom stereocenters. The molecule has 0 atom stereocenters. The van der Waals surface area contributed by atoms with Gasteiger partial charge in [0.25, 0.3) is 0 Å². The first-order valence-electron chi connectivity index (χ1n) is 8.13. The van der Waals surface area contributed by atoms with Crippen LogP contribution in [0.1, 0.15) is 28.2 Å². The van der Waals surface area contributed by atoms with Crippen molar-refractivity contribution in [2.75, 3.05) is 20.1 Å². The second kappa shape index (κ2) is 8.67. The smallest absolute Gasteiger partial charge is 0.194 e. The van der Waals surface area contributed by atoms with Crippen molar-refractivity contribution in [1.29, 1.82) is 0 Å². The summed E-state index contributed by atoms with van der Waals surface area (Å²) in [5, 5.41) is 4.51. The SMILES string of the molecule is CCNC(=NCCc1sc(C)nc1C)N(C)Cc1cc(Br)cn1C. The summed E-state index contributed by atoms with van der Waals surface area (Å²) < 4.78 is 3.24. The molecule has 0 aromatic carbocycles. The molecule has 0 saturated carbocycles. The zero-order valence-corrected chi connectivity index (χ0v) is 17.5. The van der Waals surface area contributed by atoms with E-state index in [4.69, 9.17) is 4.99 Å². The number of halogens is 1. The van der Waals surface area contributed by atoms with Crippen LogP contribution < -0.4 is 5.32 Å². The zero-order chi connectivity index (χ0) is 17.7. The standard InChI is InChI=1S/C17H26BrN5S/c1-6-19-17(20-8-7-16-12(2)21-13(3)24-16)23(5)11-15-9-14(18)10-22(15)4/h9-10H,6-8,11H2,1-5H3,(H,19,20). The largest absolute Gasteiger partial charge is 0.357 e. The predicted molar refractivity (Wildman–Crippen MR) is 106 cm³/mol. The summed E-state index contributed by atoms with van der Waals surface area (Å²) in [6.45, 7) is 8.67. The minimum atomic E-state index is 0.770. The summed E-state index contributed by atoms with van der Waals surface area (Å²) in [5.41, 5.74) is 2.38. The van der Waals surface area contributed by atoms with Crippen molar-refractivity contribution in [3.05, 3.63) is 38.0 Å². The fourth-order valence-corrected chi connectivity index (χ4v) is 4.08. The van der Waals surface area contributed by atoms with E-state index in [0.29, 0.717) is 0 Å². The molecule has 0 aliphatic rings. The molecule has 0 fully saturated rings. The van der Waals surface area contributed by atoms with E-state index >= 15 is 0 Å². The van der Waals surface area contributed by atoms with Crippen LogP contribution >= 0.6 is 27.3 Å². The van der Waals surface area contributed by atoms with Gasteiger partial charge in [-0.05, 0) is 42.8 Å². The van der Waals surface area contributed by atoms with Crippen LogP contribution in [0.2, 0.25) is 0 Å². The van der Waals surface area contributed by atoms with Crippen LogP contribution in [0.5, 0.6) is 0 Å². The van der Waals surface area contributed by atoms with Gasteiger partial charge < -0.3 is 14.8 Å². The van der Waals surface area contributed by atoms with Crippen LogP contribution in [-0.4, -0.2) is 40.5 Å². The lowest BCUT2D eigenvalue weighted by Gasteiger charge is -2.22. The topological polar surface area (TPSA) is 45.5 Å². The molecule has 2 rings (SSSR count). The van der Waals surface area contributed by atoms with E-state index in [2.05, 4.69) is 82.8 Å². The van der Waals surface area contributed by atoms with Gasteiger partial charge in [-0.25, -0.2) is 4.98 Å². The number of nitrogens with one attached hydrogen (secondary N) is 1. The molecule has 0 aliphatic heterocycles. The molecule has 2 heterocycles. The highest BCUT2D eigenvalue weighted by Gasteiger charge is 2.10. The van der Waals surface area contributed by atoms with Crippen LogP contribution in [0.15, 0.2) is 21.7 Å². The van der Waals surface area contributed by atoms with E-state index in [0.717, 1.165) is 47.2 Å². The highest BCUT2D eigenvalue weighted by Crippen LogP contribution is 2.18. The normalized spacial score (nSPS) is 11.8. The molecule has 0 radical (unpaired) electrons. The maximum atomic E-state index is 4.78. The molecule has 0 aliphatic carbocycles. The van der Waals surface area contributed by atoms with Gasteiger partial charge in [0.15, 0.2) is 5.96 Å². The minimum Gasteiger partial charge on any atom is -0.357 e. The number of thiazole rings is 1. The van der Waals surface area contributed by atoms with Crippen molar-refractivity contribution in [2.24, 2.45) is 12.0 Å². The van der Waals surface area contributed by atoms with Crippen molar-refractivity contribution in [3.8, 4) is 0 Å². The maximum Gasteiger partial charge on any atom is 0.194 e. The Labute approximate surface area is 156 Å². The lowest BCUT2D eigenvalue weighted by molar-refractivity contribution is 0.462. The summed E-state index contributed by atoms with van der Waals surface area (Å²) in [6, 6.07) is 2.14. The Balaban J connectivity index is 2.01. The Hall–Kier alpha value is -1.34. The first kappa shape index (κ1) is 19.0. The van der Waals surface area contributed by atoms with Gasteiger partial charge in [-0.1, -0.05) is 0 Å². The molecule has 2 aromatic rings. The molecular weight excluding hydrogens is 386 g/mol. The van der Waals surface area contributed by atoms with E-state index in [1.165, 1.54) is 10.6 Å². The van der Waals surface area contributed by atoms with E-state index in [1.807, 2.05) is 0 Å². The van der Waals surface area contributed by atoms with Gasteiger partial charge in [0.1, 0.15) is 0 Å². The summed E-state index contributed by atoms with van der Waals surface area (Å²) in [5.74, 6) is 0.939. The predicted octanol–water partition coefficient (Wildman–Crippen LogP) is 3.50. The summed E-state index contributed by atoms with van der Waals surface area (Å²) in [7, 11) is 4.14. The monoisotopic (exact) mass is 411 g/mol. The Bertz CT molecular complexity index is 704. The lowest BCUT2D eigenvalue weighted by Crippen LogP contribution is -2.39. The van der Waals surface area contributed by atoms with Crippen LogP contribution in [0.3, 0.4) is 0 Å². The van der Waals surface area contributed by atoms with Gasteiger partial charge in [-0.15, -0.1) is 11.3 Å². The fraction of sp³-hybridized carbons (Fsp3) is 0.529. The van der Waals surface area contributed by atoms with Crippen molar-refractivity contribution >= 4 is 33.2 Å². The number of hydrogen-bond acceptors (Lipinski definition) is 3. The molecule has 0 amide bonds. The summed E-state index contributed by atoms with van der Waals surface area (Å²) in [6.07, 6.45) is 3.01. The molecule has 7 heteroatoms. The zero-order valence-electron chi connectivity index (χ0n) is 15.1. The number of aryl methyl sites for hydroxylation is 3. The Morgan fingerprint density at radius 3 is 2.75 bits per heavy atom. The number of aromatic nitrogens is 2. The third kappa shape index (κ3) is 5.08. The fourth-order valence-electron chi connectivity index (χ4n) is 2.58. The highest BCUT2D eigenvalue weighted by molar-refractivity contribution is 9.10. The number of nitrogens with zero attached hydrogens (tertiary/aromatic N) is 4. The second-order valence-electron chi connectivity index (χ2n) is 5.84.